The summed E-state index contributed by atoms with van der Waals surface area (Å²) in [6.45, 7) is 0.808. The van der Waals surface area contributed by atoms with Crippen molar-refractivity contribution in [2.24, 2.45) is 0 Å². The molecule has 0 radical (unpaired) electrons. The number of tetrazole rings is 1. The van der Waals surface area contributed by atoms with Gasteiger partial charge < -0.3 is 5.73 Å². The molecule has 3 N–H and O–H groups in total. The molecule has 0 bridgehead atoms. The van der Waals surface area contributed by atoms with Gasteiger partial charge in [0, 0.05) is 29.9 Å². The van der Waals surface area contributed by atoms with Gasteiger partial charge in [-0.15, -0.1) is 10.2 Å². The highest BCUT2D eigenvalue weighted by atomic mass is 19.3. The number of hydrogen-bond donors (Lipinski definition) is 2. The number of aromatic amines is 1. The van der Waals surface area contributed by atoms with Gasteiger partial charge in [-0.2, -0.15) is 14.0 Å². The van der Waals surface area contributed by atoms with E-state index in [0.29, 0.717) is 22.6 Å². The van der Waals surface area contributed by atoms with Gasteiger partial charge in [0.2, 0.25) is 5.82 Å². The van der Waals surface area contributed by atoms with Crippen LogP contribution in [0.3, 0.4) is 0 Å². The highest BCUT2D eigenvalue weighted by Gasteiger charge is 2.25. The fraction of sp³-hybridized carbons (Fsp3) is 0.143. The first-order chi connectivity index (χ1) is 10.4. The molecule has 0 spiro atoms. The third kappa shape index (κ3) is 2.62. The molecule has 1 aromatic carbocycles. The van der Waals surface area contributed by atoms with Crippen LogP contribution in [-0.2, 0) is 5.92 Å². The Balaban J connectivity index is 2.09. The van der Waals surface area contributed by atoms with Crippen molar-refractivity contribution in [2.45, 2.75) is 12.8 Å². The molecule has 6 nitrogen and oxygen atoms in total. The summed E-state index contributed by atoms with van der Waals surface area (Å²) in [4.78, 5) is 3.83. The van der Waals surface area contributed by atoms with Crippen LogP contribution in [0.15, 0.2) is 36.5 Å². The average molecular weight is 302 g/mol. The van der Waals surface area contributed by atoms with Crippen molar-refractivity contribution in [3.8, 4) is 22.5 Å². The third-order valence-electron chi connectivity index (χ3n) is 3.15. The van der Waals surface area contributed by atoms with Crippen molar-refractivity contribution in [2.75, 3.05) is 5.73 Å². The minimum atomic E-state index is -2.98. The molecule has 0 aliphatic heterocycles. The molecule has 0 amide bonds. The lowest BCUT2D eigenvalue weighted by Crippen LogP contribution is -2.09. The van der Waals surface area contributed by atoms with Gasteiger partial charge >= 0.3 is 0 Å². The van der Waals surface area contributed by atoms with E-state index in [1.165, 1.54) is 12.3 Å². The Bertz CT molecular complexity index is 778. The van der Waals surface area contributed by atoms with E-state index in [-0.39, 0.29) is 5.69 Å². The lowest BCUT2D eigenvalue weighted by molar-refractivity contribution is 0.0128. The Morgan fingerprint density at radius 1 is 1.14 bits per heavy atom. The van der Waals surface area contributed by atoms with E-state index in [2.05, 4.69) is 25.6 Å². The first-order valence-electron chi connectivity index (χ1n) is 6.43. The molecule has 0 saturated carbocycles. The largest absolute Gasteiger partial charge is 0.399 e. The molecule has 0 atom stereocenters. The van der Waals surface area contributed by atoms with Crippen LogP contribution in [0.5, 0.6) is 0 Å². The number of rotatable bonds is 3. The molecule has 0 fully saturated rings. The number of halogens is 2. The lowest BCUT2D eigenvalue weighted by atomic mass is 9.99. The van der Waals surface area contributed by atoms with E-state index in [1.807, 2.05) is 0 Å². The maximum atomic E-state index is 13.2. The zero-order valence-electron chi connectivity index (χ0n) is 11.6. The van der Waals surface area contributed by atoms with E-state index >= 15 is 0 Å². The first kappa shape index (κ1) is 14.1. The van der Waals surface area contributed by atoms with E-state index in [4.69, 9.17) is 5.73 Å². The maximum Gasteiger partial charge on any atom is 0.286 e. The van der Waals surface area contributed by atoms with Crippen LogP contribution in [0.1, 0.15) is 12.6 Å². The Morgan fingerprint density at radius 2 is 1.95 bits per heavy atom. The highest BCUT2D eigenvalue weighted by Crippen LogP contribution is 2.32. The van der Waals surface area contributed by atoms with E-state index in [0.717, 1.165) is 12.5 Å². The molecular weight excluding hydrogens is 290 g/mol. The monoisotopic (exact) mass is 302 g/mol. The van der Waals surface area contributed by atoms with Gasteiger partial charge in [-0.05, 0) is 29.0 Å². The summed E-state index contributed by atoms with van der Waals surface area (Å²) in [6.07, 6.45) is 1.39. The molecule has 3 rings (SSSR count). The SMILES string of the molecule is CC(F)(F)c1ccc(-c2ccc(N)cc2-c2nn[nH]n2)cn1. The summed E-state index contributed by atoms with van der Waals surface area (Å²) in [5, 5.41) is 13.7. The molecule has 2 aromatic heterocycles. The Hall–Kier alpha value is -2.90. The summed E-state index contributed by atoms with van der Waals surface area (Å²) >= 11 is 0. The van der Waals surface area contributed by atoms with Crippen LogP contribution in [0.4, 0.5) is 14.5 Å². The number of benzene rings is 1. The molecule has 22 heavy (non-hydrogen) atoms. The van der Waals surface area contributed by atoms with Crippen LogP contribution in [0.2, 0.25) is 0 Å². The molecule has 0 aliphatic carbocycles. The van der Waals surface area contributed by atoms with Crippen LogP contribution < -0.4 is 5.73 Å². The Morgan fingerprint density at radius 3 is 2.55 bits per heavy atom. The molecule has 0 aliphatic rings. The van der Waals surface area contributed by atoms with Gasteiger partial charge in [0.25, 0.3) is 5.92 Å². The zero-order valence-corrected chi connectivity index (χ0v) is 11.6. The van der Waals surface area contributed by atoms with Gasteiger partial charge in [-0.25, -0.2) is 0 Å². The van der Waals surface area contributed by atoms with Crippen molar-refractivity contribution in [1.82, 2.24) is 25.6 Å². The number of nitrogens with two attached hydrogens (primary N) is 1. The quantitative estimate of drug-likeness (QED) is 0.725. The Labute approximate surface area is 124 Å². The summed E-state index contributed by atoms with van der Waals surface area (Å²) in [5.41, 5.74) is 8.08. The molecule has 0 saturated heterocycles. The number of nitrogens with one attached hydrogen (secondary N) is 1. The number of hydrogen-bond acceptors (Lipinski definition) is 5. The number of H-pyrrole nitrogens is 1. The van der Waals surface area contributed by atoms with Gasteiger partial charge in [0.15, 0.2) is 0 Å². The summed E-state index contributed by atoms with van der Waals surface area (Å²) in [5.74, 6) is -2.61. The van der Waals surface area contributed by atoms with Gasteiger partial charge in [0.05, 0.1) is 0 Å². The van der Waals surface area contributed by atoms with Crippen LogP contribution in [0.25, 0.3) is 22.5 Å². The van der Waals surface area contributed by atoms with E-state index in [9.17, 15) is 8.78 Å². The van der Waals surface area contributed by atoms with E-state index in [1.54, 1.807) is 24.3 Å². The fourth-order valence-corrected chi connectivity index (χ4v) is 2.09. The molecule has 8 heteroatoms. The second kappa shape index (κ2) is 5.14. The number of alkyl halides is 2. The molecule has 3 aromatic rings. The fourth-order valence-electron chi connectivity index (χ4n) is 2.09. The van der Waals surface area contributed by atoms with Crippen LogP contribution in [-0.4, -0.2) is 25.6 Å². The van der Waals surface area contributed by atoms with E-state index < -0.39 is 5.92 Å². The first-order valence-corrected chi connectivity index (χ1v) is 6.43. The summed E-state index contributed by atoms with van der Waals surface area (Å²) in [6, 6.07) is 8.05. The molecule has 0 unspecified atom stereocenters. The number of pyridine rings is 1. The second-order valence-corrected chi connectivity index (χ2v) is 4.86. The van der Waals surface area contributed by atoms with Gasteiger partial charge in [-0.3, -0.25) is 4.98 Å². The Kier molecular flexibility index (Phi) is 3.28. The normalized spacial score (nSPS) is 11.6. The van der Waals surface area contributed by atoms with Gasteiger partial charge in [0.1, 0.15) is 5.69 Å². The minimum Gasteiger partial charge on any atom is -0.399 e. The molecule has 2 heterocycles. The lowest BCUT2D eigenvalue weighted by Gasteiger charge is -2.11. The van der Waals surface area contributed by atoms with Gasteiger partial charge in [-0.1, -0.05) is 12.1 Å². The number of nitrogen functional groups attached to an aromatic ring is 1. The second-order valence-electron chi connectivity index (χ2n) is 4.86. The summed E-state index contributed by atoms with van der Waals surface area (Å²) < 4.78 is 26.5. The topological polar surface area (TPSA) is 93.4 Å². The number of nitrogens with zero attached hydrogens (tertiary/aromatic N) is 4. The standard InChI is InChI=1S/C14H12F2N6/c1-14(15,16)12-5-2-8(7-18-12)10-4-3-9(17)6-11(10)13-19-21-22-20-13/h2-7H,17H2,1H3,(H,19,20,21,22). The number of anilines is 1. The predicted octanol–water partition coefficient (Wildman–Crippen LogP) is 2.62. The smallest absolute Gasteiger partial charge is 0.286 e. The number of aromatic nitrogens is 5. The van der Waals surface area contributed by atoms with Crippen LogP contribution in [0, 0.1) is 0 Å². The maximum absolute atomic E-state index is 13.2. The van der Waals surface area contributed by atoms with Crippen molar-refractivity contribution < 1.29 is 8.78 Å². The van der Waals surface area contributed by atoms with Crippen molar-refractivity contribution in [3.63, 3.8) is 0 Å². The van der Waals surface area contributed by atoms with Crippen molar-refractivity contribution in [1.29, 1.82) is 0 Å². The van der Waals surface area contributed by atoms with Crippen molar-refractivity contribution in [3.05, 3.63) is 42.2 Å². The summed E-state index contributed by atoms with van der Waals surface area (Å²) in [7, 11) is 0. The van der Waals surface area contributed by atoms with Crippen LogP contribution >= 0.6 is 0 Å². The molecule has 112 valence electrons. The highest BCUT2D eigenvalue weighted by molar-refractivity contribution is 5.82. The third-order valence-corrected chi connectivity index (χ3v) is 3.15. The van der Waals surface area contributed by atoms with Crippen molar-refractivity contribution >= 4 is 5.69 Å². The zero-order chi connectivity index (χ0) is 15.7. The molecular formula is C14H12F2N6. The average Bonchev–Trinajstić information content (AvgIpc) is 3.00. The minimum absolute atomic E-state index is 0.284. The predicted molar refractivity (Wildman–Crippen MR) is 76.8 cm³/mol.